The molecule has 0 spiro atoms. The molecule has 0 aromatic rings. The fraction of sp³-hybridized carbons (Fsp3) is 0.750. The molecule has 0 amide bonds. The van der Waals surface area contributed by atoms with Crippen LogP contribution < -0.4 is 29.6 Å². The van der Waals surface area contributed by atoms with E-state index < -0.39 is 53.3 Å². The molecule has 0 aliphatic carbocycles. The van der Waals surface area contributed by atoms with Gasteiger partial charge in [0.05, 0.1) is 18.8 Å². The van der Waals surface area contributed by atoms with Crippen LogP contribution in [0.3, 0.4) is 0 Å². The van der Waals surface area contributed by atoms with Crippen molar-refractivity contribution in [1.29, 1.82) is 0 Å². The maximum Gasteiger partial charge on any atom is 1.00 e. The summed E-state index contributed by atoms with van der Waals surface area (Å²) < 4.78 is 46.9. The van der Waals surface area contributed by atoms with Crippen molar-refractivity contribution >= 4 is 10.4 Å². The summed E-state index contributed by atoms with van der Waals surface area (Å²) in [5.41, 5.74) is -0.239. The van der Waals surface area contributed by atoms with Crippen LogP contribution in [0.1, 0.15) is 26.7 Å². The molecule has 158 valence electrons. The second-order valence-corrected chi connectivity index (χ2v) is 7.65. The third kappa shape index (κ3) is 9.28. The number of hydrogen-bond donors (Lipinski definition) is 4. The van der Waals surface area contributed by atoms with Crippen LogP contribution in [0, 0.1) is 0 Å². The van der Waals surface area contributed by atoms with Crippen molar-refractivity contribution in [3.63, 3.8) is 0 Å². The molecular formula is C16H27NaO10S. The fourth-order valence-electron chi connectivity index (χ4n) is 2.43. The van der Waals surface area contributed by atoms with Gasteiger partial charge in [-0.05, 0) is 26.7 Å². The number of hydrogen-bond acceptors (Lipinski definition) is 10. The summed E-state index contributed by atoms with van der Waals surface area (Å²) in [5, 5.41) is 39.1. The topological polar surface area (TPSA) is 166 Å². The molecule has 0 saturated carbocycles. The zero-order valence-electron chi connectivity index (χ0n) is 16.2. The van der Waals surface area contributed by atoms with E-state index >= 15 is 0 Å². The van der Waals surface area contributed by atoms with Crippen molar-refractivity contribution in [3.05, 3.63) is 24.3 Å². The van der Waals surface area contributed by atoms with E-state index in [1.807, 2.05) is 6.08 Å². The van der Waals surface area contributed by atoms with Gasteiger partial charge in [0.15, 0.2) is 6.29 Å². The van der Waals surface area contributed by atoms with Gasteiger partial charge in [0, 0.05) is 0 Å². The van der Waals surface area contributed by atoms with Gasteiger partial charge >= 0.3 is 29.6 Å². The first kappa shape index (κ1) is 28.1. The van der Waals surface area contributed by atoms with Gasteiger partial charge in [-0.3, -0.25) is 4.18 Å². The Balaban J connectivity index is 0.00000729. The predicted molar refractivity (Wildman–Crippen MR) is 92.1 cm³/mol. The van der Waals surface area contributed by atoms with Crippen molar-refractivity contribution < 1.29 is 76.6 Å². The van der Waals surface area contributed by atoms with Crippen LogP contribution in [0.15, 0.2) is 24.3 Å². The summed E-state index contributed by atoms with van der Waals surface area (Å²) in [4.78, 5) is 0. The Bertz CT molecular complexity index is 619. The Kier molecular flexibility index (Phi) is 12.1. The standard InChI is InChI=1S/C16H28O10S.Na/c1-4-16(3,20)7-5-6-10(2)9-24-15-13(19)12(18)14(11(8-17)25-15)26-27(21,22)23;/h4,6,11-15,17-20H,1,5,7-9H2,2-3H3,(H,21,22,23);/q;+1/p-1/b10-6-;/t11-,12-,13-,14-,15-,16?;/m1./s1. The smallest absolute Gasteiger partial charge is 0.726 e. The van der Waals surface area contributed by atoms with E-state index in [9.17, 15) is 33.4 Å². The molecule has 1 aliphatic rings. The Hall–Kier alpha value is 0.110. The Morgan fingerprint density at radius 3 is 2.46 bits per heavy atom. The monoisotopic (exact) mass is 434 g/mol. The predicted octanol–water partition coefficient (Wildman–Crippen LogP) is -4.05. The Labute approximate surface area is 187 Å². The van der Waals surface area contributed by atoms with Gasteiger partial charge in [0.25, 0.3) is 0 Å². The minimum atomic E-state index is -5.18. The largest absolute Gasteiger partial charge is 1.00 e. The van der Waals surface area contributed by atoms with E-state index in [1.165, 1.54) is 6.08 Å². The average Bonchev–Trinajstić information content (AvgIpc) is 2.57. The Morgan fingerprint density at radius 2 is 1.96 bits per heavy atom. The first-order valence-corrected chi connectivity index (χ1v) is 9.63. The zero-order chi connectivity index (χ0) is 20.8. The Morgan fingerprint density at radius 1 is 1.36 bits per heavy atom. The van der Waals surface area contributed by atoms with Crippen molar-refractivity contribution in [3.8, 4) is 0 Å². The van der Waals surface area contributed by atoms with Gasteiger partial charge in [0.1, 0.15) is 24.4 Å². The molecule has 1 aliphatic heterocycles. The zero-order valence-corrected chi connectivity index (χ0v) is 19.0. The quantitative estimate of drug-likeness (QED) is 0.115. The van der Waals surface area contributed by atoms with E-state index in [-0.39, 0.29) is 36.2 Å². The van der Waals surface area contributed by atoms with E-state index in [2.05, 4.69) is 10.8 Å². The van der Waals surface area contributed by atoms with E-state index in [4.69, 9.17) is 9.47 Å². The summed E-state index contributed by atoms with van der Waals surface area (Å²) in [5.74, 6) is 0. The molecule has 0 radical (unpaired) electrons. The number of ether oxygens (including phenoxy) is 2. The van der Waals surface area contributed by atoms with Gasteiger partial charge in [-0.15, -0.1) is 6.58 Å². The van der Waals surface area contributed by atoms with Gasteiger partial charge in [-0.25, -0.2) is 8.42 Å². The van der Waals surface area contributed by atoms with Gasteiger partial charge < -0.3 is 34.5 Å². The minimum absolute atomic E-state index is 0. The molecule has 1 rings (SSSR count). The molecule has 0 aromatic heterocycles. The summed E-state index contributed by atoms with van der Waals surface area (Å²) in [7, 11) is -5.18. The summed E-state index contributed by atoms with van der Waals surface area (Å²) in [6.07, 6.45) is -3.80. The molecule has 1 unspecified atom stereocenters. The van der Waals surface area contributed by atoms with E-state index in [0.29, 0.717) is 12.8 Å². The van der Waals surface area contributed by atoms with E-state index in [1.54, 1.807) is 13.8 Å². The van der Waals surface area contributed by atoms with Gasteiger partial charge in [0.2, 0.25) is 10.4 Å². The summed E-state index contributed by atoms with van der Waals surface area (Å²) in [6.45, 7) is 6.15. The normalized spacial score (nSPS) is 31.0. The third-order valence-electron chi connectivity index (χ3n) is 4.11. The SMILES string of the molecule is C=CC(C)(O)CC/C=C(/C)CO[C@@H]1O[C@H](CO)[C@@H](OS(=O)(=O)[O-])[C@H](O)[C@H]1O.[Na+]. The number of aliphatic hydroxyl groups excluding tert-OH is 3. The van der Waals surface area contributed by atoms with Crippen LogP contribution in [0.5, 0.6) is 0 Å². The summed E-state index contributed by atoms with van der Waals surface area (Å²) in [6, 6.07) is 0. The third-order valence-corrected chi connectivity index (χ3v) is 4.57. The fourth-order valence-corrected chi connectivity index (χ4v) is 2.94. The van der Waals surface area contributed by atoms with Crippen LogP contribution in [-0.4, -0.2) is 82.9 Å². The maximum atomic E-state index is 10.7. The molecule has 1 fully saturated rings. The van der Waals surface area contributed by atoms with Crippen LogP contribution in [0.2, 0.25) is 0 Å². The molecule has 28 heavy (non-hydrogen) atoms. The molecular weight excluding hydrogens is 407 g/mol. The molecule has 1 saturated heterocycles. The minimum Gasteiger partial charge on any atom is -0.726 e. The van der Waals surface area contributed by atoms with Crippen LogP contribution in [-0.2, 0) is 24.1 Å². The molecule has 10 nitrogen and oxygen atoms in total. The average molecular weight is 434 g/mol. The van der Waals surface area contributed by atoms with Crippen molar-refractivity contribution in [1.82, 2.24) is 0 Å². The van der Waals surface area contributed by atoms with Gasteiger partial charge in [-0.2, -0.15) is 0 Å². The van der Waals surface area contributed by atoms with Crippen molar-refractivity contribution in [2.24, 2.45) is 0 Å². The molecule has 0 aromatic carbocycles. The summed E-state index contributed by atoms with van der Waals surface area (Å²) >= 11 is 0. The second-order valence-electron chi connectivity index (χ2n) is 6.64. The van der Waals surface area contributed by atoms with Gasteiger partial charge in [-0.1, -0.05) is 17.7 Å². The van der Waals surface area contributed by atoms with E-state index in [0.717, 1.165) is 5.57 Å². The van der Waals surface area contributed by atoms with Crippen molar-refractivity contribution in [2.75, 3.05) is 13.2 Å². The number of aliphatic hydroxyl groups is 4. The van der Waals surface area contributed by atoms with Crippen LogP contribution >= 0.6 is 0 Å². The maximum absolute atomic E-state index is 10.7. The molecule has 6 atom stereocenters. The molecule has 0 bridgehead atoms. The molecule has 12 heteroatoms. The first-order chi connectivity index (χ1) is 12.4. The molecule has 1 heterocycles. The first-order valence-electron chi connectivity index (χ1n) is 8.30. The van der Waals surface area contributed by atoms with Crippen LogP contribution in [0.25, 0.3) is 0 Å². The van der Waals surface area contributed by atoms with Crippen LogP contribution in [0.4, 0.5) is 0 Å². The number of allylic oxidation sites excluding steroid dienone is 1. The molecule has 4 N–H and O–H groups in total. The number of rotatable bonds is 10. The van der Waals surface area contributed by atoms with Crippen molar-refractivity contribution in [2.45, 2.75) is 63.0 Å². The second kappa shape index (κ2) is 12.1.